The van der Waals surface area contributed by atoms with Crippen LogP contribution in [0.4, 0.5) is 5.69 Å². The monoisotopic (exact) mass is 384 g/mol. The molecule has 0 saturated carbocycles. The highest BCUT2D eigenvalue weighted by Gasteiger charge is 2.30. The predicted molar refractivity (Wildman–Crippen MR) is 112 cm³/mol. The van der Waals surface area contributed by atoms with Crippen LogP contribution in [-0.2, 0) is 13.0 Å². The maximum atomic E-state index is 13.2. The first-order valence-corrected chi connectivity index (χ1v) is 10.2. The largest absolute Gasteiger partial charge is 0.497 e. The highest BCUT2D eigenvalue weighted by molar-refractivity contribution is 5.93. The minimum absolute atomic E-state index is 0.0891. The summed E-state index contributed by atoms with van der Waals surface area (Å²) < 4.78 is 7.09. The molecule has 0 aliphatic carbocycles. The van der Waals surface area contributed by atoms with Crippen molar-refractivity contribution < 1.29 is 9.53 Å². The number of hydrogen-bond donors (Lipinski definition) is 0. The lowest BCUT2D eigenvalue weighted by molar-refractivity contribution is 0.0661. The zero-order valence-corrected chi connectivity index (χ0v) is 17.7. The number of nitrogens with zero attached hydrogens (tertiary/aromatic N) is 4. The third kappa shape index (κ3) is 4.32. The van der Waals surface area contributed by atoms with E-state index in [0.717, 1.165) is 36.6 Å². The van der Waals surface area contributed by atoms with Crippen molar-refractivity contribution in [2.45, 2.75) is 46.7 Å². The summed E-state index contributed by atoms with van der Waals surface area (Å²) in [5, 5.41) is 4.64. The second kappa shape index (κ2) is 8.67. The molecule has 2 heterocycles. The molecule has 6 heteroatoms. The Bertz CT molecular complexity index is 797. The van der Waals surface area contributed by atoms with Crippen LogP contribution < -0.4 is 9.64 Å². The van der Waals surface area contributed by atoms with E-state index in [1.54, 1.807) is 7.11 Å². The molecule has 0 radical (unpaired) electrons. The van der Waals surface area contributed by atoms with E-state index in [0.29, 0.717) is 24.7 Å². The fraction of sp³-hybridized carbons (Fsp3) is 0.545. The molecular weight excluding hydrogens is 352 g/mol. The van der Waals surface area contributed by atoms with E-state index in [1.807, 2.05) is 34.7 Å². The molecule has 0 bridgehead atoms. The third-order valence-electron chi connectivity index (χ3n) is 5.29. The molecular formula is C22H32N4O2. The molecule has 1 aliphatic heterocycles. The second-order valence-corrected chi connectivity index (χ2v) is 7.93. The summed E-state index contributed by atoms with van der Waals surface area (Å²) in [6.07, 6.45) is 0.897. The summed E-state index contributed by atoms with van der Waals surface area (Å²) in [5.41, 5.74) is 2.88. The van der Waals surface area contributed by atoms with Crippen molar-refractivity contribution in [2.24, 2.45) is 5.92 Å². The highest BCUT2D eigenvalue weighted by atomic mass is 16.5. The standard InChI is InChI=1S/C22H32N4O2/c1-6-26-21(14-18(23-26)13-16(2)3)22(27)25-12-11-24(15-17(25)4)19-7-9-20(28-5)10-8-19/h7-10,14,16-17H,6,11-13,15H2,1-5H3/t17-/m0/s1. The van der Waals surface area contributed by atoms with Crippen LogP contribution in [0.5, 0.6) is 5.75 Å². The summed E-state index contributed by atoms with van der Waals surface area (Å²) in [6.45, 7) is 11.6. The number of ether oxygens (including phenoxy) is 1. The average molecular weight is 385 g/mol. The summed E-state index contributed by atoms with van der Waals surface area (Å²) in [4.78, 5) is 17.6. The molecule has 28 heavy (non-hydrogen) atoms. The van der Waals surface area contributed by atoms with Crippen LogP contribution in [-0.4, -0.2) is 53.4 Å². The van der Waals surface area contributed by atoms with E-state index >= 15 is 0 Å². The fourth-order valence-corrected chi connectivity index (χ4v) is 3.84. The zero-order valence-electron chi connectivity index (χ0n) is 17.7. The van der Waals surface area contributed by atoms with Gasteiger partial charge in [-0.05, 0) is 56.5 Å². The Kier molecular flexibility index (Phi) is 6.27. The lowest BCUT2D eigenvalue weighted by Crippen LogP contribution is -2.54. The van der Waals surface area contributed by atoms with Crippen molar-refractivity contribution in [3.63, 3.8) is 0 Å². The Balaban J connectivity index is 1.71. The molecule has 3 rings (SSSR count). The van der Waals surface area contributed by atoms with Gasteiger partial charge in [0.05, 0.1) is 12.8 Å². The van der Waals surface area contributed by atoms with Crippen molar-refractivity contribution in [1.82, 2.24) is 14.7 Å². The minimum Gasteiger partial charge on any atom is -0.497 e. The molecule has 1 atom stereocenters. The van der Waals surface area contributed by atoms with Crippen molar-refractivity contribution >= 4 is 11.6 Å². The molecule has 6 nitrogen and oxygen atoms in total. The highest BCUT2D eigenvalue weighted by Crippen LogP contribution is 2.23. The van der Waals surface area contributed by atoms with Gasteiger partial charge in [-0.25, -0.2) is 0 Å². The van der Waals surface area contributed by atoms with E-state index in [1.165, 1.54) is 0 Å². The lowest BCUT2D eigenvalue weighted by atomic mass is 10.1. The summed E-state index contributed by atoms with van der Waals surface area (Å²) >= 11 is 0. The first-order valence-electron chi connectivity index (χ1n) is 10.2. The van der Waals surface area contributed by atoms with E-state index in [2.05, 4.69) is 42.9 Å². The van der Waals surface area contributed by atoms with Crippen molar-refractivity contribution in [2.75, 3.05) is 31.6 Å². The smallest absolute Gasteiger partial charge is 0.272 e. The first-order chi connectivity index (χ1) is 13.4. The number of aromatic nitrogens is 2. The molecule has 0 spiro atoms. The Morgan fingerprint density at radius 2 is 1.96 bits per heavy atom. The van der Waals surface area contributed by atoms with Gasteiger partial charge in [-0.1, -0.05) is 13.8 Å². The molecule has 1 saturated heterocycles. The molecule has 152 valence electrons. The number of carbonyl (C=O) groups is 1. The van der Waals surface area contributed by atoms with Crippen molar-refractivity contribution in [3.05, 3.63) is 41.7 Å². The maximum Gasteiger partial charge on any atom is 0.272 e. The van der Waals surface area contributed by atoms with Crippen LogP contribution in [0.3, 0.4) is 0 Å². The average Bonchev–Trinajstić information content (AvgIpc) is 3.09. The van der Waals surface area contributed by atoms with Gasteiger partial charge in [0.2, 0.25) is 0 Å². The normalized spacial score (nSPS) is 17.3. The Hall–Kier alpha value is -2.50. The number of piperazine rings is 1. The number of methoxy groups -OCH3 is 1. The minimum atomic E-state index is 0.0891. The van der Waals surface area contributed by atoms with Gasteiger partial charge in [0, 0.05) is 37.9 Å². The Morgan fingerprint density at radius 1 is 1.25 bits per heavy atom. The first kappa shape index (κ1) is 20.2. The van der Waals surface area contributed by atoms with Crippen LogP contribution in [0.1, 0.15) is 43.9 Å². The number of rotatable bonds is 6. The van der Waals surface area contributed by atoms with Gasteiger partial charge in [0.15, 0.2) is 0 Å². The fourth-order valence-electron chi connectivity index (χ4n) is 3.84. The molecule has 1 fully saturated rings. The second-order valence-electron chi connectivity index (χ2n) is 7.93. The summed E-state index contributed by atoms with van der Waals surface area (Å²) in [7, 11) is 1.68. The van der Waals surface area contributed by atoms with Gasteiger partial charge in [0.25, 0.3) is 5.91 Å². The molecule has 1 aromatic heterocycles. The van der Waals surface area contributed by atoms with Crippen molar-refractivity contribution in [1.29, 1.82) is 0 Å². The molecule has 1 aromatic carbocycles. The van der Waals surface area contributed by atoms with E-state index in [-0.39, 0.29) is 11.9 Å². The zero-order chi connectivity index (χ0) is 20.3. The van der Waals surface area contributed by atoms with Gasteiger partial charge in [-0.2, -0.15) is 5.10 Å². The lowest BCUT2D eigenvalue weighted by Gasteiger charge is -2.41. The molecule has 1 aliphatic rings. The summed E-state index contributed by atoms with van der Waals surface area (Å²) in [5.74, 6) is 1.47. The van der Waals surface area contributed by atoms with Gasteiger partial charge < -0.3 is 14.5 Å². The van der Waals surface area contributed by atoms with Crippen LogP contribution in [0.15, 0.2) is 30.3 Å². The van der Waals surface area contributed by atoms with Gasteiger partial charge in [-0.3, -0.25) is 9.48 Å². The maximum absolute atomic E-state index is 13.2. The van der Waals surface area contributed by atoms with Crippen molar-refractivity contribution in [3.8, 4) is 5.75 Å². The summed E-state index contributed by atoms with van der Waals surface area (Å²) in [6, 6.07) is 10.2. The number of amides is 1. The Morgan fingerprint density at radius 3 is 2.54 bits per heavy atom. The Labute approximate surface area is 168 Å². The SMILES string of the molecule is CCn1nc(CC(C)C)cc1C(=O)N1CCN(c2ccc(OC)cc2)C[C@@H]1C. The van der Waals surface area contributed by atoms with Gasteiger partial charge in [-0.15, -0.1) is 0 Å². The van der Waals surface area contributed by atoms with Crippen LogP contribution in [0.25, 0.3) is 0 Å². The van der Waals surface area contributed by atoms with Crippen LogP contribution >= 0.6 is 0 Å². The van der Waals surface area contributed by atoms with Crippen LogP contribution in [0.2, 0.25) is 0 Å². The van der Waals surface area contributed by atoms with E-state index in [4.69, 9.17) is 4.74 Å². The third-order valence-corrected chi connectivity index (χ3v) is 5.29. The molecule has 0 N–H and O–H groups in total. The molecule has 0 unspecified atom stereocenters. The number of aryl methyl sites for hydroxylation is 1. The molecule has 2 aromatic rings. The number of benzene rings is 1. The van der Waals surface area contributed by atoms with E-state index < -0.39 is 0 Å². The quantitative estimate of drug-likeness (QED) is 0.765. The predicted octanol–water partition coefficient (Wildman–Crippen LogP) is 3.46. The molecule has 1 amide bonds. The topological polar surface area (TPSA) is 50.6 Å². The van der Waals surface area contributed by atoms with Gasteiger partial charge >= 0.3 is 0 Å². The number of anilines is 1. The van der Waals surface area contributed by atoms with E-state index in [9.17, 15) is 4.79 Å². The van der Waals surface area contributed by atoms with Gasteiger partial charge in [0.1, 0.15) is 11.4 Å². The number of hydrogen-bond acceptors (Lipinski definition) is 4. The number of carbonyl (C=O) groups excluding carboxylic acids is 1. The van der Waals surface area contributed by atoms with Crippen LogP contribution in [0, 0.1) is 5.92 Å².